The molecule has 1 fully saturated rings. The molecule has 1 aromatic heterocycles. The predicted molar refractivity (Wildman–Crippen MR) is 91.0 cm³/mol. The van der Waals surface area contributed by atoms with Crippen molar-refractivity contribution >= 4 is 5.91 Å². The monoisotopic (exact) mass is 346 g/mol. The van der Waals surface area contributed by atoms with Crippen LogP contribution in [0.5, 0.6) is 0 Å². The van der Waals surface area contributed by atoms with E-state index >= 15 is 0 Å². The van der Waals surface area contributed by atoms with Gasteiger partial charge >= 0.3 is 0 Å². The van der Waals surface area contributed by atoms with Gasteiger partial charge in [0.15, 0.2) is 0 Å². The van der Waals surface area contributed by atoms with E-state index in [-0.39, 0.29) is 23.7 Å². The number of hydrogen-bond acceptors (Lipinski definition) is 5. The Morgan fingerprint density at radius 1 is 1.44 bits per heavy atom. The Balaban J connectivity index is 1.60. The number of nitrogens with zero attached hydrogens (tertiary/aromatic N) is 3. The lowest BCUT2D eigenvalue weighted by Crippen LogP contribution is -2.48. The molecule has 3 rings (SSSR count). The minimum absolute atomic E-state index is 0.0138. The van der Waals surface area contributed by atoms with E-state index in [9.17, 15) is 9.18 Å². The Morgan fingerprint density at radius 3 is 3.04 bits per heavy atom. The smallest absolute Gasteiger partial charge is 0.247 e. The van der Waals surface area contributed by atoms with Crippen LogP contribution in [-0.4, -0.2) is 40.1 Å². The van der Waals surface area contributed by atoms with Gasteiger partial charge in [0.1, 0.15) is 5.82 Å². The minimum atomic E-state index is -0.336. The van der Waals surface area contributed by atoms with Gasteiger partial charge in [-0.3, -0.25) is 9.69 Å². The molecule has 1 saturated heterocycles. The van der Waals surface area contributed by atoms with Crippen molar-refractivity contribution < 1.29 is 13.6 Å². The Hall–Kier alpha value is -2.28. The van der Waals surface area contributed by atoms with Gasteiger partial charge in [0.05, 0.1) is 6.54 Å². The summed E-state index contributed by atoms with van der Waals surface area (Å²) in [4.78, 5) is 14.1. The van der Waals surface area contributed by atoms with Gasteiger partial charge in [0.25, 0.3) is 0 Å². The number of carbonyl (C=O) groups excluding carboxylic acids is 1. The molecular formula is C18H23FN4O2. The third-order valence-corrected chi connectivity index (χ3v) is 4.27. The van der Waals surface area contributed by atoms with Crippen molar-refractivity contribution in [1.82, 2.24) is 20.4 Å². The van der Waals surface area contributed by atoms with Gasteiger partial charge in [-0.25, -0.2) is 4.39 Å². The zero-order valence-electron chi connectivity index (χ0n) is 14.5. The Bertz CT molecular complexity index is 731. The average molecular weight is 346 g/mol. The molecule has 0 aliphatic carbocycles. The number of hydrogen-bond donors (Lipinski definition) is 1. The first kappa shape index (κ1) is 17.5. The quantitative estimate of drug-likeness (QED) is 0.901. The molecule has 0 unspecified atom stereocenters. The van der Waals surface area contributed by atoms with Crippen LogP contribution in [0.25, 0.3) is 11.5 Å². The first-order valence-electron chi connectivity index (χ1n) is 8.62. The summed E-state index contributed by atoms with van der Waals surface area (Å²) in [6.07, 6.45) is 1.99. The molecule has 25 heavy (non-hydrogen) atoms. The molecule has 1 atom stereocenters. The zero-order valence-corrected chi connectivity index (χ0v) is 14.5. The maximum Gasteiger partial charge on any atom is 0.247 e. The zero-order chi connectivity index (χ0) is 17.8. The summed E-state index contributed by atoms with van der Waals surface area (Å²) in [5.74, 6) is 0.543. The van der Waals surface area contributed by atoms with Crippen LogP contribution in [0.15, 0.2) is 28.7 Å². The molecule has 1 N–H and O–H groups in total. The van der Waals surface area contributed by atoms with Gasteiger partial charge in [-0.2, -0.15) is 0 Å². The Kier molecular flexibility index (Phi) is 5.43. The fraction of sp³-hybridized carbons (Fsp3) is 0.500. The summed E-state index contributed by atoms with van der Waals surface area (Å²) in [5.41, 5.74) is 0.569. The molecule has 0 radical (unpaired) electrons. The highest BCUT2D eigenvalue weighted by Gasteiger charge is 2.23. The van der Waals surface area contributed by atoms with E-state index in [1.165, 1.54) is 12.1 Å². The second-order valence-electron chi connectivity index (χ2n) is 6.75. The van der Waals surface area contributed by atoms with Crippen LogP contribution >= 0.6 is 0 Å². The molecule has 1 aliphatic heterocycles. The number of piperidine rings is 1. The normalized spacial score (nSPS) is 18.5. The third-order valence-electron chi connectivity index (χ3n) is 4.27. The molecule has 0 saturated carbocycles. The molecule has 0 spiro atoms. The molecule has 1 amide bonds. The third kappa shape index (κ3) is 4.63. The van der Waals surface area contributed by atoms with Crippen LogP contribution in [0.2, 0.25) is 0 Å². The molecule has 6 nitrogen and oxygen atoms in total. The first-order chi connectivity index (χ1) is 12.0. The van der Waals surface area contributed by atoms with Crippen molar-refractivity contribution in [2.45, 2.75) is 39.3 Å². The summed E-state index contributed by atoms with van der Waals surface area (Å²) in [6.45, 7) is 5.99. The summed E-state index contributed by atoms with van der Waals surface area (Å²) >= 11 is 0. The highest BCUT2D eigenvalue weighted by molar-refractivity contribution is 5.78. The molecule has 2 aromatic rings. The van der Waals surface area contributed by atoms with E-state index in [0.29, 0.717) is 23.9 Å². The van der Waals surface area contributed by atoms with E-state index in [2.05, 4.69) is 20.4 Å². The summed E-state index contributed by atoms with van der Waals surface area (Å²) in [6, 6.07) is 6.24. The molecule has 134 valence electrons. The second-order valence-corrected chi connectivity index (χ2v) is 6.75. The molecule has 0 bridgehead atoms. The van der Waals surface area contributed by atoms with Crippen molar-refractivity contribution in [2.75, 3.05) is 13.1 Å². The number of halogens is 1. The lowest BCUT2D eigenvalue weighted by molar-refractivity contribution is -0.125. The number of aromatic nitrogens is 2. The summed E-state index contributed by atoms with van der Waals surface area (Å²) < 4.78 is 19.0. The van der Waals surface area contributed by atoms with Gasteiger partial charge in [0, 0.05) is 24.1 Å². The number of amides is 1. The maximum absolute atomic E-state index is 13.3. The second kappa shape index (κ2) is 7.74. The van der Waals surface area contributed by atoms with E-state index in [1.807, 2.05) is 13.8 Å². The van der Waals surface area contributed by atoms with E-state index < -0.39 is 0 Å². The number of likely N-dealkylation sites (tertiary alicyclic amines) is 1. The predicted octanol–water partition coefficient (Wildman–Crippen LogP) is 2.61. The van der Waals surface area contributed by atoms with Crippen LogP contribution in [0.3, 0.4) is 0 Å². The van der Waals surface area contributed by atoms with Crippen LogP contribution < -0.4 is 5.32 Å². The first-order valence-corrected chi connectivity index (χ1v) is 8.62. The van der Waals surface area contributed by atoms with Crippen LogP contribution in [0.4, 0.5) is 4.39 Å². The number of benzene rings is 1. The van der Waals surface area contributed by atoms with Gasteiger partial charge in [0.2, 0.25) is 17.7 Å². The topological polar surface area (TPSA) is 71.3 Å². The maximum atomic E-state index is 13.3. The molecule has 1 aromatic carbocycles. The summed E-state index contributed by atoms with van der Waals surface area (Å²) in [7, 11) is 0. The highest BCUT2D eigenvalue weighted by atomic mass is 19.1. The standard InChI is InChI=1S/C18H23FN4O2/c1-12(2)17(24)20-15-7-4-8-23(10-15)11-16-21-22-18(25-16)13-5-3-6-14(19)9-13/h3,5-6,9,12,15H,4,7-8,10-11H2,1-2H3,(H,20,24)/t15-/m0/s1. The van der Waals surface area contributed by atoms with Crippen molar-refractivity contribution in [2.24, 2.45) is 5.92 Å². The van der Waals surface area contributed by atoms with Crippen molar-refractivity contribution in [3.63, 3.8) is 0 Å². The van der Waals surface area contributed by atoms with E-state index in [1.54, 1.807) is 12.1 Å². The fourth-order valence-corrected chi connectivity index (χ4v) is 2.93. The van der Waals surface area contributed by atoms with Crippen LogP contribution in [0, 0.1) is 11.7 Å². The van der Waals surface area contributed by atoms with Gasteiger partial charge in [-0.05, 0) is 37.6 Å². The van der Waals surface area contributed by atoms with Gasteiger partial charge in [-0.15, -0.1) is 10.2 Å². The van der Waals surface area contributed by atoms with Crippen molar-refractivity contribution in [3.05, 3.63) is 36.0 Å². The SMILES string of the molecule is CC(C)C(=O)N[C@H]1CCCN(Cc2nnc(-c3cccc(F)c3)o2)C1. The molecule has 2 heterocycles. The van der Waals surface area contributed by atoms with Crippen LogP contribution in [0.1, 0.15) is 32.6 Å². The number of carbonyl (C=O) groups is 1. The Morgan fingerprint density at radius 2 is 2.28 bits per heavy atom. The highest BCUT2D eigenvalue weighted by Crippen LogP contribution is 2.20. The van der Waals surface area contributed by atoms with E-state index in [0.717, 1.165) is 25.9 Å². The molecular weight excluding hydrogens is 323 g/mol. The fourth-order valence-electron chi connectivity index (χ4n) is 2.93. The van der Waals surface area contributed by atoms with Gasteiger partial charge < -0.3 is 9.73 Å². The molecule has 1 aliphatic rings. The minimum Gasteiger partial charge on any atom is -0.419 e. The summed E-state index contributed by atoms with van der Waals surface area (Å²) in [5, 5.41) is 11.1. The lowest BCUT2D eigenvalue weighted by atomic mass is 10.0. The average Bonchev–Trinajstić information content (AvgIpc) is 3.03. The molecule has 7 heteroatoms. The number of rotatable bonds is 5. The lowest BCUT2D eigenvalue weighted by Gasteiger charge is -2.32. The largest absolute Gasteiger partial charge is 0.419 e. The number of nitrogens with one attached hydrogen (secondary N) is 1. The van der Waals surface area contributed by atoms with Crippen molar-refractivity contribution in [3.8, 4) is 11.5 Å². The van der Waals surface area contributed by atoms with Crippen molar-refractivity contribution in [1.29, 1.82) is 0 Å². The van der Waals surface area contributed by atoms with Gasteiger partial charge in [-0.1, -0.05) is 19.9 Å². The van der Waals surface area contributed by atoms with Crippen LogP contribution in [-0.2, 0) is 11.3 Å². The van der Waals surface area contributed by atoms with E-state index in [4.69, 9.17) is 4.42 Å². The Labute approximate surface area is 146 Å².